The van der Waals surface area contributed by atoms with Crippen molar-refractivity contribution in [3.63, 3.8) is 0 Å². The van der Waals surface area contributed by atoms with Crippen molar-refractivity contribution in [1.29, 1.82) is 5.26 Å². The average molecular weight is 271 g/mol. The van der Waals surface area contributed by atoms with Gasteiger partial charge in [0.1, 0.15) is 23.4 Å². The predicted octanol–water partition coefficient (Wildman–Crippen LogP) is 2.57. The second kappa shape index (κ2) is 5.17. The van der Waals surface area contributed by atoms with Crippen molar-refractivity contribution in [2.45, 2.75) is 13.8 Å². The van der Waals surface area contributed by atoms with Gasteiger partial charge in [0.05, 0.1) is 25.5 Å². The van der Waals surface area contributed by atoms with Crippen LogP contribution >= 0.6 is 0 Å². The van der Waals surface area contributed by atoms with Crippen LogP contribution in [-0.4, -0.2) is 18.8 Å². The number of nitrogen functional groups attached to an aromatic ring is 1. The summed E-state index contributed by atoms with van der Waals surface area (Å²) in [5, 5.41) is 9.21. The maximum atomic E-state index is 9.21. The van der Waals surface area contributed by atoms with E-state index in [1.165, 1.54) is 0 Å². The molecule has 0 aliphatic heterocycles. The maximum Gasteiger partial charge on any atom is 0.143 e. The largest absolute Gasteiger partial charge is 0.497 e. The van der Waals surface area contributed by atoms with Gasteiger partial charge in [0.25, 0.3) is 0 Å². The summed E-state index contributed by atoms with van der Waals surface area (Å²) in [5.74, 6) is 1.78. The highest BCUT2D eigenvalue weighted by atomic mass is 16.5. The van der Waals surface area contributed by atoms with Gasteiger partial charge in [-0.15, -0.1) is 0 Å². The fourth-order valence-corrected chi connectivity index (χ4v) is 2.26. The van der Waals surface area contributed by atoms with E-state index in [4.69, 9.17) is 15.2 Å². The zero-order valence-corrected chi connectivity index (χ0v) is 12.0. The molecule has 0 atom stereocenters. The second-order valence-corrected chi connectivity index (χ2v) is 4.46. The molecule has 104 valence electrons. The third kappa shape index (κ3) is 1.95. The highest BCUT2D eigenvalue weighted by Gasteiger charge is 2.19. The number of anilines is 1. The summed E-state index contributed by atoms with van der Waals surface area (Å²) in [6.07, 6.45) is 0. The summed E-state index contributed by atoms with van der Waals surface area (Å²) >= 11 is 0. The van der Waals surface area contributed by atoms with Crippen LogP contribution in [0.4, 0.5) is 5.82 Å². The Morgan fingerprint density at radius 1 is 1.20 bits per heavy atom. The van der Waals surface area contributed by atoms with Crippen LogP contribution in [0.25, 0.3) is 5.69 Å². The van der Waals surface area contributed by atoms with Gasteiger partial charge in [-0.1, -0.05) is 0 Å². The first kappa shape index (κ1) is 13.8. The summed E-state index contributed by atoms with van der Waals surface area (Å²) < 4.78 is 12.4. The number of rotatable bonds is 3. The van der Waals surface area contributed by atoms with Crippen LogP contribution in [0.2, 0.25) is 0 Å². The molecule has 1 aromatic carbocycles. The molecule has 0 saturated carbocycles. The lowest BCUT2D eigenvalue weighted by Crippen LogP contribution is -2.05. The van der Waals surface area contributed by atoms with Crippen LogP contribution in [-0.2, 0) is 0 Å². The molecule has 5 heteroatoms. The van der Waals surface area contributed by atoms with Crippen LogP contribution in [0, 0.1) is 25.2 Å². The SMILES string of the molecule is COc1ccc(OC)c(-n2c(C)c(C)c(C#N)c2N)c1. The van der Waals surface area contributed by atoms with E-state index in [2.05, 4.69) is 6.07 Å². The minimum atomic E-state index is 0.411. The average Bonchev–Trinajstić information content (AvgIpc) is 2.68. The maximum absolute atomic E-state index is 9.21. The Morgan fingerprint density at radius 2 is 1.90 bits per heavy atom. The van der Waals surface area contributed by atoms with Crippen molar-refractivity contribution >= 4 is 5.82 Å². The quantitative estimate of drug-likeness (QED) is 0.931. The Hall–Kier alpha value is -2.61. The molecule has 1 heterocycles. The molecule has 0 amide bonds. The number of hydrogen-bond acceptors (Lipinski definition) is 4. The molecule has 0 radical (unpaired) electrons. The summed E-state index contributed by atoms with van der Waals surface area (Å²) in [4.78, 5) is 0. The first-order chi connectivity index (χ1) is 9.54. The monoisotopic (exact) mass is 271 g/mol. The number of ether oxygens (including phenoxy) is 2. The van der Waals surface area contributed by atoms with Gasteiger partial charge in [0.15, 0.2) is 0 Å². The van der Waals surface area contributed by atoms with Gasteiger partial charge in [-0.05, 0) is 31.5 Å². The van der Waals surface area contributed by atoms with Gasteiger partial charge in [-0.3, -0.25) is 4.57 Å². The van der Waals surface area contributed by atoms with Crippen LogP contribution in [0.15, 0.2) is 18.2 Å². The highest BCUT2D eigenvalue weighted by molar-refractivity contribution is 5.65. The van der Waals surface area contributed by atoms with E-state index in [1.54, 1.807) is 14.2 Å². The third-order valence-electron chi connectivity index (χ3n) is 3.49. The molecule has 0 aliphatic rings. The lowest BCUT2D eigenvalue weighted by atomic mass is 10.2. The fraction of sp³-hybridized carbons (Fsp3) is 0.267. The number of hydrogen-bond donors (Lipinski definition) is 1. The van der Waals surface area contributed by atoms with E-state index < -0.39 is 0 Å². The van der Waals surface area contributed by atoms with Crippen molar-refractivity contribution in [1.82, 2.24) is 4.57 Å². The number of nitrogens with two attached hydrogens (primary N) is 1. The van der Waals surface area contributed by atoms with Gasteiger partial charge in [-0.25, -0.2) is 0 Å². The fourth-order valence-electron chi connectivity index (χ4n) is 2.26. The Bertz CT molecular complexity index is 696. The number of methoxy groups -OCH3 is 2. The van der Waals surface area contributed by atoms with Gasteiger partial charge >= 0.3 is 0 Å². The lowest BCUT2D eigenvalue weighted by Gasteiger charge is -2.14. The van der Waals surface area contributed by atoms with Crippen molar-refractivity contribution in [2.24, 2.45) is 0 Å². The molecule has 2 N–H and O–H groups in total. The minimum Gasteiger partial charge on any atom is -0.497 e. The molecule has 5 nitrogen and oxygen atoms in total. The zero-order chi connectivity index (χ0) is 14.9. The molecule has 2 rings (SSSR count). The van der Waals surface area contributed by atoms with Gasteiger partial charge in [-0.2, -0.15) is 5.26 Å². The highest BCUT2D eigenvalue weighted by Crippen LogP contribution is 2.34. The molecule has 0 bridgehead atoms. The minimum absolute atomic E-state index is 0.411. The molecular formula is C15H17N3O2. The Balaban J connectivity index is 2.78. The lowest BCUT2D eigenvalue weighted by molar-refractivity contribution is 0.401. The van der Waals surface area contributed by atoms with E-state index in [1.807, 2.05) is 36.6 Å². The van der Waals surface area contributed by atoms with Gasteiger partial charge in [0, 0.05) is 11.8 Å². The third-order valence-corrected chi connectivity index (χ3v) is 3.49. The molecule has 1 aromatic heterocycles. The number of nitriles is 1. The van der Waals surface area contributed by atoms with Crippen LogP contribution < -0.4 is 15.2 Å². The van der Waals surface area contributed by atoms with Crippen molar-refractivity contribution in [3.05, 3.63) is 35.0 Å². The molecule has 2 aromatic rings. The predicted molar refractivity (Wildman–Crippen MR) is 77.5 cm³/mol. The molecule has 0 unspecified atom stereocenters. The van der Waals surface area contributed by atoms with Crippen LogP contribution in [0.5, 0.6) is 11.5 Å². The summed E-state index contributed by atoms with van der Waals surface area (Å²) in [5.41, 5.74) is 9.13. The summed E-state index contributed by atoms with van der Waals surface area (Å²) in [7, 11) is 3.20. The van der Waals surface area contributed by atoms with Gasteiger partial charge in [0.2, 0.25) is 0 Å². The van der Waals surface area contributed by atoms with E-state index in [0.29, 0.717) is 22.9 Å². The first-order valence-corrected chi connectivity index (χ1v) is 6.15. The molecule has 0 saturated heterocycles. The van der Waals surface area contributed by atoms with Crippen LogP contribution in [0.1, 0.15) is 16.8 Å². The van der Waals surface area contributed by atoms with Crippen molar-refractivity contribution in [2.75, 3.05) is 20.0 Å². The summed E-state index contributed by atoms with van der Waals surface area (Å²) in [6, 6.07) is 7.61. The van der Waals surface area contributed by atoms with Crippen LogP contribution in [0.3, 0.4) is 0 Å². The first-order valence-electron chi connectivity index (χ1n) is 6.15. The van der Waals surface area contributed by atoms with E-state index in [-0.39, 0.29) is 0 Å². The summed E-state index contributed by atoms with van der Waals surface area (Å²) in [6.45, 7) is 3.80. The Morgan fingerprint density at radius 3 is 2.40 bits per heavy atom. The Kier molecular flexibility index (Phi) is 3.57. The molecule has 0 fully saturated rings. The van der Waals surface area contributed by atoms with E-state index in [0.717, 1.165) is 16.9 Å². The molecular weight excluding hydrogens is 254 g/mol. The Labute approximate surface area is 118 Å². The van der Waals surface area contributed by atoms with Crippen molar-refractivity contribution in [3.8, 4) is 23.3 Å². The normalized spacial score (nSPS) is 10.2. The standard InChI is InChI=1S/C15H17N3O2/c1-9-10(2)18(15(17)12(9)8-16)13-7-11(19-3)5-6-14(13)20-4/h5-7H,17H2,1-4H3. The molecule has 0 spiro atoms. The zero-order valence-electron chi connectivity index (χ0n) is 12.0. The molecule has 20 heavy (non-hydrogen) atoms. The number of aromatic nitrogens is 1. The van der Waals surface area contributed by atoms with Crippen molar-refractivity contribution < 1.29 is 9.47 Å². The topological polar surface area (TPSA) is 73.2 Å². The van der Waals surface area contributed by atoms with Gasteiger partial charge < -0.3 is 15.2 Å². The number of nitrogens with zero attached hydrogens (tertiary/aromatic N) is 2. The number of benzene rings is 1. The second-order valence-electron chi connectivity index (χ2n) is 4.46. The molecule has 0 aliphatic carbocycles. The van der Waals surface area contributed by atoms with E-state index in [9.17, 15) is 5.26 Å². The van der Waals surface area contributed by atoms with E-state index >= 15 is 0 Å². The smallest absolute Gasteiger partial charge is 0.143 e.